The number of ketones is 1. The largest absolute Gasteiger partial charge is 0.414 e. The molecule has 4 saturated carbocycles. The maximum atomic E-state index is 12.6. The lowest BCUT2D eigenvalue weighted by Gasteiger charge is -2.60. The van der Waals surface area contributed by atoms with Gasteiger partial charge < -0.3 is 4.43 Å². The fraction of sp³-hybridized carbons (Fsp3) is 0.958. The van der Waals surface area contributed by atoms with E-state index in [1.807, 2.05) is 0 Å². The van der Waals surface area contributed by atoms with Crippen LogP contribution in [0.5, 0.6) is 0 Å². The number of rotatable bonds is 4. The van der Waals surface area contributed by atoms with E-state index in [-0.39, 0.29) is 5.41 Å². The number of Topliss-reactive ketones (excluding diaryl/α,β-unsaturated/α-hetero) is 1. The van der Waals surface area contributed by atoms with Gasteiger partial charge in [-0.1, -0.05) is 27.2 Å². The molecule has 0 N–H and O–H groups in total. The highest BCUT2D eigenvalue weighted by atomic mass is 28.4. The summed E-state index contributed by atoms with van der Waals surface area (Å²) in [6.07, 6.45) is 13.0. The van der Waals surface area contributed by atoms with Crippen molar-refractivity contribution in [2.75, 3.05) is 0 Å². The maximum Gasteiger partial charge on any atom is 0.187 e. The summed E-state index contributed by atoms with van der Waals surface area (Å²) < 4.78 is 6.74. The van der Waals surface area contributed by atoms with Gasteiger partial charge >= 0.3 is 0 Å². The minimum Gasteiger partial charge on any atom is -0.414 e. The second-order valence-electron chi connectivity index (χ2n) is 11.6. The third-order valence-corrected chi connectivity index (χ3v) is 12.3. The molecule has 154 valence electrons. The van der Waals surface area contributed by atoms with Crippen LogP contribution < -0.4 is 0 Å². The molecule has 4 fully saturated rings. The SMILES string of the molecule is CCC[Si](C)(C)O[C@@H]1CC[C@@]2(C)[C@@H](CC[C@@H]3[C@@H]2CC[C@]2(C)C(=O)CC[C@@H]32)C1. The highest BCUT2D eigenvalue weighted by Crippen LogP contribution is 2.65. The van der Waals surface area contributed by atoms with Gasteiger partial charge in [0.25, 0.3) is 0 Å². The van der Waals surface area contributed by atoms with Gasteiger partial charge in [-0.05, 0) is 99.6 Å². The summed E-state index contributed by atoms with van der Waals surface area (Å²) in [5, 5.41) is 0. The molecule has 0 aromatic carbocycles. The van der Waals surface area contributed by atoms with Crippen molar-refractivity contribution in [3.05, 3.63) is 0 Å². The van der Waals surface area contributed by atoms with Crippen LogP contribution >= 0.6 is 0 Å². The second kappa shape index (κ2) is 6.97. The smallest absolute Gasteiger partial charge is 0.187 e. The Morgan fingerprint density at radius 2 is 1.81 bits per heavy atom. The Balaban J connectivity index is 1.47. The second-order valence-corrected chi connectivity index (χ2v) is 15.9. The van der Waals surface area contributed by atoms with Crippen molar-refractivity contribution in [1.82, 2.24) is 0 Å². The average molecular weight is 391 g/mol. The minimum absolute atomic E-state index is 0.0282. The molecule has 0 aliphatic heterocycles. The number of fused-ring (bicyclic) bond motifs is 5. The van der Waals surface area contributed by atoms with Crippen LogP contribution in [0.15, 0.2) is 0 Å². The van der Waals surface area contributed by atoms with Crippen molar-refractivity contribution >= 4 is 14.1 Å². The Labute approximate surface area is 168 Å². The standard InChI is InChI=1S/C24H42O2Si/c1-6-15-27(4,5)26-18-11-13-23(2)17(16-18)7-8-19-20-9-10-22(25)24(20,3)14-12-21(19)23/h17-21H,6-16H2,1-5H3/t17-,18+,19-,20-,21-,23-,24-/m0/s1. The summed E-state index contributed by atoms with van der Waals surface area (Å²) >= 11 is 0. The number of hydrogen-bond donors (Lipinski definition) is 0. The Kier molecular flexibility index (Phi) is 5.20. The summed E-state index contributed by atoms with van der Waals surface area (Å²) in [5.41, 5.74) is 0.534. The predicted octanol–water partition coefficient (Wildman–Crippen LogP) is 6.60. The lowest BCUT2D eigenvalue weighted by atomic mass is 9.45. The van der Waals surface area contributed by atoms with Crippen molar-refractivity contribution in [2.24, 2.45) is 34.5 Å². The van der Waals surface area contributed by atoms with Crippen LogP contribution in [0.3, 0.4) is 0 Å². The van der Waals surface area contributed by atoms with E-state index in [1.54, 1.807) is 0 Å². The van der Waals surface area contributed by atoms with Gasteiger partial charge in [0.05, 0.1) is 0 Å². The summed E-state index contributed by atoms with van der Waals surface area (Å²) in [7, 11) is -1.48. The van der Waals surface area contributed by atoms with Crippen molar-refractivity contribution in [3.63, 3.8) is 0 Å². The van der Waals surface area contributed by atoms with Crippen LogP contribution in [0.25, 0.3) is 0 Å². The normalized spacial score (nSPS) is 47.3. The third kappa shape index (κ3) is 3.29. The summed E-state index contributed by atoms with van der Waals surface area (Å²) in [6.45, 7) is 12.1. The molecule has 0 unspecified atom stereocenters. The zero-order chi connectivity index (χ0) is 19.4. The molecule has 4 aliphatic carbocycles. The third-order valence-electron chi connectivity index (χ3n) is 9.66. The van der Waals surface area contributed by atoms with Crippen LogP contribution in [0.2, 0.25) is 19.1 Å². The first-order valence-corrected chi connectivity index (χ1v) is 15.0. The molecule has 3 heteroatoms. The van der Waals surface area contributed by atoms with Crippen LogP contribution in [0.4, 0.5) is 0 Å². The van der Waals surface area contributed by atoms with E-state index in [0.717, 1.165) is 30.6 Å². The molecule has 0 heterocycles. The van der Waals surface area contributed by atoms with Gasteiger partial charge in [-0.2, -0.15) is 0 Å². The van der Waals surface area contributed by atoms with E-state index in [9.17, 15) is 4.79 Å². The van der Waals surface area contributed by atoms with Gasteiger partial charge in [-0.3, -0.25) is 4.79 Å². The number of carbonyl (C=O) groups is 1. The first-order chi connectivity index (χ1) is 12.7. The maximum absolute atomic E-state index is 12.6. The molecular formula is C24H42O2Si. The van der Waals surface area contributed by atoms with Crippen LogP contribution in [-0.2, 0) is 9.22 Å². The van der Waals surface area contributed by atoms with Gasteiger partial charge in [0.1, 0.15) is 5.78 Å². The molecule has 0 amide bonds. The first kappa shape index (κ1) is 20.1. The molecule has 0 bridgehead atoms. The molecule has 7 atom stereocenters. The Morgan fingerprint density at radius 3 is 2.56 bits per heavy atom. The number of hydrogen-bond acceptors (Lipinski definition) is 2. The zero-order valence-electron chi connectivity index (χ0n) is 18.5. The fourth-order valence-electron chi connectivity index (χ4n) is 8.21. The van der Waals surface area contributed by atoms with Gasteiger partial charge in [-0.25, -0.2) is 0 Å². The van der Waals surface area contributed by atoms with E-state index in [2.05, 4.69) is 33.9 Å². The molecule has 27 heavy (non-hydrogen) atoms. The van der Waals surface area contributed by atoms with Gasteiger partial charge in [-0.15, -0.1) is 0 Å². The number of carbonyl (C=O) groups excluding carboxylic acids is 1. The Bertz CT molecular complexity index is 587. The molecule has 0 aromatic heterocycles. The van der Waals surface area contributed by atoms with E-state index in [4.69, 9.17) is 4.43 Å². The molecule has 2 nitrogen and oxygen atoms in total. The summed E-state index contributed by atoms with van der Waals surface area (Å²) in [6, 6.07) is 1.30. The molecule has 0 radical (unpaired) electrons. The van der Waals surface area contributed by atoms with Crippen LogP contribution in [-0.4, -0.2) is 20.2 Å². The van der Waals surface area contributed by atoms with E-state index >= 15 is 0 Å². The molecule has 0 saturated heterocycles. The van der Waals surface area contributed by atoms with E-state index in [0.29, 0.717) is 23.2 Å². The topological polar surface area (TPSA) is 26.3 Å². The van der Waals surface area contributed by atoms with Gasteiger partial charge in [0, 0.05) is 17.9 Å². The van der Waals surface area contributed by atoms with Gasteiger partial charge in [0.2, 0.25) is 0 Å². The van der Waals surface area contributed by atoms with E-state index in [1.165, 1.54) is 57.4 Å². The van der Waals surface area contributed by atoms with E-state index < -0.39 is 8.32 Å². The monoisotopic (exact) mass is 390 g/mol. The lowest BCUT2D eigenvalue weighted by Crippen LogP contribution is -2.54. The molecular weight excluding hydrogens is 348 g/mol. The highest BCUT2D eigenvalue weighted by molar-refractivity contribution is 6.71. The summed E-state index contributed by atoms with van der Waals surface area (Å²) in [4.78, 5) is 12.6. The average Bonchev–Trinajstić information content (AvgIpc) is 2.90. The van der Waals surface area contributed by atoms with Crippen molar-refractivity contribution in [3.8, 4) is 0 Å². The van der Waals surface area contributed by atoms with Gasteiger partial charge in [0.15, 0.2) is 8.32 Å². The zero-order valence-corrected chi connectivity index (χ0v) is 19.5. The van der Waals surface area contributed by atoms with Crippen molar-refractivity contribution < 1.29 is 9.22 Å². The first-order valence-electron chi connectivity index (χ1n) is 11.9. The minimum atomic E-state index is -1.48. The summed E-state index contributed by atoms with van der Waals surface area (Å²) in [5.74, 6) is 3.80. The van der Waals surface area contributed by atoms with Crippen molar-refractivity contribution in [1.29, 1.82) is 0 Å². The Hall–Kier alpha value is -0.153. The molecule has 0 aromatic rings. The fourth-order valence-corrected chi connectivity index (χ4v) is 10.6. The van der Waals surface area contributed by atoms with Crippen molar-refractivity contribution in [2.45, 2.75) is 110 Å². The Morgan fingerprint density at radius 1 is 1.04 bits per heavy atom. The molecule has 0 spiro atoms. The van der Waals surface area contributed by atoms with Crippen LogP contribution in [0, 0.1) is 34.5 Å². The lowest BCUT2D eigenvalue weighted by molar-refractivity contribution is -0.141. The molecule has 4 rings (SSSR count). The predicted molar refractivity (Wildman–Crippen MR) is 114 cm³/mol. The molecule has 4 aliphatic rings. The highest BCUT2D eigenvalue weighted by Gasteiger charge is 2.60. The van der Waals surface area contributed by atoms with Crippen LogP contribution in [0.1, 0.15) is 85.0 Å². The quantitative estimate of drug-likeness (QED) is 0.506.